The van der Waals surface area contributed by atoms with Gasteiger partial charge in [-0.3, -0.25) is 4.98 Å². The quantitative estimate of drug-likeness (QED) is 0.668. The molecule has 0 aliphatic carbocycles. The molecule has 2 heterocycles. The second kappa shape index (κ2) is 2.85. The molecule has 0 saturated heterocycles. The van der Waals surface area contributed by atoms with E-state index in [0.29, 0.717) is 6.61 Å². The molecule has 62 valence electrons. The fourth-order valence-electron chi connectivity index (χ4n) is 1.20. The van der Waals surface area contributed by atoms with Gasteiger partial charge in [-0.2, -0.15) is 4.73 Å². The molecule has 0 aromatic carbocycles. The molecule has 3 heteroatoms. The van der Waals surface area contributed by atoms with Crippen LogP contribution in [0.15, 0.2) is 30.7 Å². The number of pyridine rings is 1. The van der Waals surface area contributed by atoms with Gasteiger partial charge in [0, 0.05) is 17.8 Å². The van der Waals surface area contributed by atoms with E-state index in [1.807, 2.05) is 25.3 Å². The van der Waals surface area contributed by atoms with Gasteiger partial charge in [0.25, 0.3) is 0 Å². The van der Waals surface area contributed by atoms with Crippen molar-refractivity contribution in [3.8, 4) is 0 Å². The van der Waals surface area contributed by atoms with E-state index in [1.165, 1.54) is 0 Å². The Hall–Kier alpha value is -1.51. The number of hydrogen-bond donors (Lipinski definition) is 0. The highest BCUT2D eigenvalue weighted by Crippen LogP contribution is 2.11. The summed E-state index contributed by atoms with van der Waals surface area (Å²) in [6.07, 6.45) is 5.47. The highest BCUT2D eigenvalue weighted by Gasteiger charge is 1.98. The molecule has 0 unspecified atom stereocenters. The van der Waals surface area contributed by atoms with Crippen LogP contribution in [0.4, 0.5) is 0 Å². The minimum absolute atomic E-state index is 0.665. The average Bonchev–Trinajstić information content (AvgIpc) is 2.50. The highest BCUT2D eigenvalue weighted by molar-refractivity contribution is 5.78. The zero-order valence-electron chi connectivity index (χ0n) is 6.90. The second-order valence-corrected chi connectivity index (χ2v) is 2.49. The maximum atomic E-state index is 5.34. The largest absolute Gasteiger partial charge is 0.414 e. The molecule has 2 aromatic rings. The molecule has 3 nitrogen and oxygen atoms in total. The van der Waals surface area contributed by atoms with Gasteiger partial charge in [0.1, 0.15) is 12.1 Å². The normalized spacial score (nSPS) is 10.4. The van der Waals surface area contributed by atoms with Gasteiger partial charge in [-0.15, -0.1) is 0 Å². The van der Waals surface area contributed by atoms with E-state index in [4.69, 9.17) is 4.84 Å². The molecule has 2 aromatic heterocycles. The number of aromatic nitrogens is 2. The zero-order chi connectivity index (χ0) is 8.39. The Bertz CT molecular complexity index is 381. The van der Waals surface area contributed by atoms with E-state index in [9.17, 15) is 0 Å². The summed E-state index contributed by atoms with van der Waals surface area (Å²) >= 11 is 0. The molecule has 0 aliphatic heterocycles. The molecule has 2 rings (SSSR count). The lowest BCUT2D eigenvalue weighted by Gasteiger charge is -2.03. The molecule has 12 heavy (non-hydrogen) atoms. The molecule has 0 amide bonds. The monoisotopic (exact) mass is 162 g/mol. The van der Waals surface area contributed by atoms with E-state index in [0.717, 1.165) is 10.9 Å². The second-order valence-electron chi connectivity index (χ2n) is 2.49. The van der Waals surface area contributed by atoms with Crippen molar-refractivity contribution in [2.24, 2.45) is 0 Å². The van der Waals surface area contributed by atoms with E-state index < -0.39 is 0 Å². The van der Waals surface area contributed by atoms with E-state index in [1.54, 1.807) is 17.1 Å². The average molecular weight is 162 g/mol. The zero-order valence-corrected chi connectivity index (χ0v) is 6.90. The van der Waals surface area contributed by atoms with Crippen LogP contribution in [0, 0.1) is 0 Å². The van der Waals surface area contributed by atoms with Crippen LogP contribution in [0.5, 0.6) is 0 Å². The first-order chi connectivity index (χ1) is 5.92. The first-order valence-corrected chi connectivity index (χ1v) is 3.96. The molecule has 0 saturated carbocycles. The van der Waals surface area contributed by atoms with Crippen molar-refractivity contribution >= 4 is 10.9 Å². The molecule has 0 bridgehead atoms. The topological polar surface area (TPSA) is 27.1 Å². The molecule has 0 spiro atoms. The van der Waals surface area contributed by atoms with E-state index >= 15 is 0 Å². The molecule has 0 radical (unpaired) electrons. The minimum Gasteiger partial charge on any atom is -0.414 e. The lowest BCUT2D eigenvalue weighted by atomic mass is 10.3. The minimum atomic E-state index is 0.665. The van der Waals surface area contributed by atoms with E-state index in [2.05, 4.69) is 4.98 Å². The van der Waals surface area contributed by atoms with Gasteiger partial charge in [-0.05, 0) is 19.1 Å². The fraction of sp³-hybridized carbons (Fsp3) is 0.222. The lowest BCUT2D eigenvalue weighted by molar-refractivity contribution is 0.132. The van der Waals surface area contributed by atoms with Gasteiger partial charge < -0.3 is 4.84 Å². The smallest absolute Gasteiger partial charge is 0.112 e. The van der Waals surface area contributed by atoms with Gasteiger partial charge >= 0.3 is 0 Å². The van der Waals surface area contributed by atoms with Crippen LogP contribution in [0.1, 0.15) is 6.92 Å². The van der Waals surface area contributed by atoms with Crippen molar-refractivity contribution in [2.75, 3.05) is 6.61 Å². The first kappa shape index (κ1) is 7.16. The van der Waals surface area contributed by atoms with Crippen LogP contribution in [0.2, 0.25) is 0 Å². The van der Waals surface area contributed by atoms with Gasteiger partial charge in [-0.25, -0.2) is 0 Å². The third kappa shape index (κ3) is 1.03. The van der Waals surface area contributed by atoms with Gasteiger partial charge in [0.15, 0.2) is 0 Å². The van der Waals surface area contributed by atoms with Crippen LogP contribution >= 0.6 is 0 Å². The highest BCUT2D eigenvalue weighted by atomic mass is 16.7. The summed E-state index contributed by atoms with van der Waals surface area (Å²) < 4.78 is 1.74. The van der Waals surface area contributed by atoms with Gasteiger partial charge in [0.2, 0.25) is 0 Å². The summed E-state index contributed by atoms with van der Waals surface area (Å²) in [6, 6.07) is 3.97. The van der Waals surface area contributed by atoms with Crippen molar-refractivity contribution in [1.82, 2.24) is 9.71 Å². The Morgan fingerprint density at radius 3 is 3.25 bits per heavy atom. The van der Waals surface area contributed by atoms with Crippen molar-refractivity contribution in [2.45, 2.75) is 6.92 Å². The molecule has 0 N–H and O–H groups in total. The lowest BCUT2D eigenvalue weighted by Crippen LogP contribution is -2.08. The summed E-state index contributed by atoms with van der Waals surface area (Å²) in [5, 5.41) is 1.15. The summed E-state index contributed by atoms with van der Waals surface area (Å²) in [7, 11) is 0. The van der Waals surface area contributed by atoms with Crippen molar-refractivity contribution < 1.29 is 4.84 Å². The maximum Gasteiger partial charge on any atom is 0.112 e. The Morgan fingerprint density at radius 1 is 1.50 bits per heavy atom. The van der Waals surface area contributed by atoms with Gasteiger partial charge in [-0.1, -0.05) is 0 Å². The van der Waals surface area contributed by atoms with Crippen molar-refractivity contribution in [3.63, 3.8) is 0 Å². The Morgan fingerprint density at radius 2 is 2.42 bits per heavy atom. The van der Waals surface area contributed by atoms with Gasteiger partial charge in [0.05, 0.1) is 6.20 Å². The predicted molar refractivity (Wildman–Crippen MR) is 46.9 cm³/mol. The number of fused-ring (bicyclic) bond motifs is 1. The van der Waals surface area contributed by atoms with Crippen LogP contribution in [-0.2, 0) is 0 Å². The van der Waals surface area contributed by atoms with Crippen molar-refractivity contribution in [3.05, 3.63) is 30.7 Å². The van der Waals surface area contributed by atoms with Crippen LogP contribution in [0.3, 0.4) is 0 Å². The number of rotatable bonds is 2. The van der Waals surface area contributed by atoms with Crippen LogP contribution in [0.25, 0.3) is 10.9 Å². The molecule has 0 atom stereocenters. The summed E-state index contributed by atoms with van der Waals surface area (Å²) in [4.78, 5) is 9.36. The van der Waals surface area contributed by atoms with E-state index in [-0.39, 0.29) is 0 Å². The Kier molecular flexibility index (Phi) is 1.70. The Balaban J connectivity index is 2.55. The SMILES string of the molecule is CCOn1ccc2ccncc21. The predicted octanol–water partition coefficient (Wildman–Crippen LogP) is 1.48. The van der Waals surface area contributed by atoms with Crippen molar-refractivity contribution in [1.29, 1.82) is 0 Å². The summed E-state index contributed by atoms with van der Waals surface area (Å²) in [6.45, 7) is 2.63. The number of nitrogens with zero attached hydrogens (tertiary/aromatic N) is 2. The summed E-state index contributed by atoms with van der Waals surface area (Å²) in [5.74, 6) is 0. The third-order valence-corrected chi connectivity index (χ3v) is 1.73. The number of hydrogen-bond acceptors (Lipinski definition) is 2. The van der Waals surface area contributed by atoms with Crippen LogP contribution < -0.4 is 4.84 Å². The molecule has 0 fully saturated rings. The molecular weight excluding hydrogens is 152 g/mol. The Labute approximate surface area is 70.5 Å². The molecular formula is C9H10N2O. The fourth-order valence-corrected chi connectivity index (χ4v) is 1.20. The standard InChI is InChI=1S/C9H10N2O/c1-2-12-11-6-4-8-3-5-10-7-9(8)11/h3-7H,2H2,1H3. The molecule has 0 aliphatic rings. The first-order valence-electron chi connectivity index (χ1n) is 3.96. The maximum absolute atomic E-state index is 5.34. The third-order valence-electron chi connectivity index (χ3n) is 1.73. The van der Waals surface area contributed by atoms with Crippen LogP contribution in [-0.4, -0.2) is 16.3 Å². The summed E-state index contributed by atoms with van der Waals surface area (Å²) in [5.41, 5.74) is 1.01.